The highest BCUT2D eigenvalue weighted by atomic mass is 35.5. The molecular weight excluding hydrogens is 629 g/mol. The van der Waals surface area contributed by atoms with Crippen LogP contribution in [0.15, 0.2) is 102 Å². The summed E-state index contributed by atoms with van der Waals surface area (Å²) < 4.78 is 29.5. The second kappa shape index (κ2) is 15.4. The summed E-state index contributed by atoms with van der Waals surface area (Å²) in [4.78, 5) is 29.8. The molecule has 0 radical (unpaired) electrons. The number of sulfonamides is 1. The van der Waals surface area contributed by atoms with Gasteiger partial charge in [-0.1, -0.05) is 96.9 Å². The number of rotatable bonds is 13. The number of hydrogen-bond donors (Lipinski definition) is 1. The van der Waals surface area contributed by atoms with Crippen molar-refractivity contribution < 1.29 is 18.0 Å². The van der Waals surface area contributed by atoms with Gasteiger partial charge in [-0.3, -0.25) is 13.9 Å². The van der Waals surface area contributed by atoms with Crippen molar-refractivity contribution in [3.8, 4) is 0 Å². The predicted molar refractivity (Wildman–Crippen MR) is 181 cm³/mol. The zero-order valence-corrected chi connectivity index (χ0v) is 27.9. The number of hydrogen-bond acceptors (Lipinski definition) is 4. The Morgan fingerprint density at radius 2 is 1.53 bits per heavy atom. The molecule has 0 saturated carbocycles. The maximum Gasteiger partial charge on any atom is 0.264 e. The van der Waals surface area contributed by atoms with Gasteiger partial charge < -0.3 is 10.2 Å². The molecular formula is C35H37Cl2N3O4S. The molecule has 0 fully saturated rings. The number of anilines is 1. The highest BCUT2D eigenvalue weighted by Gasteiger charge is 2.35. The number of nitrogens with one attached hydrogen (secondary N) is 1. The second-order valence-corrected chi connectivity index (χ2v) is 13.6. The Bertz CT molecular complexity index is 1730. The van der Waals surface area contributed by atoms with Crippen LogP contribution < -0.4 is 9.62 Å². The Morgan fingerprint density at radius 3 is 2.18 bits per heavy atom. The minimum absolute atomic E-state index is 0.0437. The third-order valence-electron chi connectivity index (χ3n) is 7.42. The highest BCUT2D eigenvalue weighted by molar-refractivity contribution is 7.92. The van der Waals surface area contributed by atoms with Crippen LogP contribution in [0.2, 0.25) is 10.0 Å². The van der Waals surface area contributed by atoms with E-state index >= 15 is 0 Å². The average molecular weight is 667 g/mol. The molecule has 4 aromatic rings. The van der Waals surface area contributed by atoms with Crippen LogP contribution in [0.5, 0.6) is 0 Å². The molecule has 0 saturated heterocycles. The van der Waals surface area contributed by atoms with Gasteiger partial charge in [0.2, 0.25) is 11.8 Å². The number of aryl methyl sites for hydroxylation is 2. The van der Waals surface area contributed by atoms with Crippen LogP contribution in [0, 0.1) is 13.8 Å². The van der Waals surface area contributed by atoms with E-state index in [0.717, 1.165) is 15.4 Å². The second-order valence-electron chi connectivity index (χ2n) is 10.9. The molecule has 7 nitrogen and oxygen atoms in total. The lowest BCUT2D eigenvalue weighted by molar-refractivity contribution is -0.140. The summed E-state index contributed by atoms with van der Waals surface area (Å²) in [5.74, 6) is -0.905. The SMILES string of the molecule is CCCNC(=O)[C@H](Cc1ccccc1)N(Cc1ccc(Cl)cc1Cl)C(=O)CN(c1cc(C)ccc1C)S(=O)(=O)c1ccccc1. The molecule has 10 heteroatoms. The van der Waals surface area contributed by atoms with E-state index in [1.807, 2.05) is 56.3 Å². The fourth-order valence-corrected chi connectivity index (χ4v) is 6.93. The maximum atomic E-state index is 14.6. The molecule has 0 bridgehead atoms. The molecule has 0 aliphatic carbocycles. The van der Waals surface area contributed by atoms with E-state index in [1.165, 1.54) is 17.0 Å². The first kappa shape index (κ1) is 34.0. The van der Waals surface area contributed by atoms with Crippen LogP contribution in [0.25, 0.3) is 0 Å². The fraction of sp³-hybridized carbons (Fsp3) is 0.257. The Hall–Kier alpha value is -3.85. The molecule has 1 N–H and O–H groups in total. The first-order valence-corrected chi connectivity index (χ1v) is 16.9. The van der Waals surface area contributed by atoms with Crippen molar-refractivity contribution in [2.45, 2.75) is 51.1 Å². The van der Waals surface area contributed by atoms with Gasteiger partial charge in [0, 0.05) is 29.6 Å². The first-order valence-electron chi connectivity index (χ1n) is 14.7. The molecule has 236 valence electrons. The molecule has 0 unspecified atom stereocenters. The smallest absolute Gasteiger partial charge is 0.264 e. The molecule has 45 heavy (non-hydrogen) atoms. The number of carbonyl (C=O) groups is 2. The fourth-order valence-electron chi connectivity index (χ4n) is 4.97. The van der Waals surface area contributed by atoms with Crippen molar-refractivity contribution in [1.82, 2.24) is 10.2 Å². The number of carbonyl (C=O) groups excluding carboxylic acids is 2. The summed E-state index contributed by atoms with van der Waals surface area (Å²) in [6.07, 6.45) is 0.915. The third-order valence-corrected chi connectivity index (χ3v) is 9.78. The minimum atomic E-state index is -4.19. The molecule has 0 aliphatic rings. The average Bonchev–Trinajstić information content (AvgIpc) is 3.03. The van der Waals surface area contributed by atoms with Crippen molar-refractivity contribution in [1.29, 1.82) is 0 Å². The molecule has 1 atom stereocenters. The van der Waals surface area contributed by atoms with Crippen LogP contribution >= 0.6 is 23.2 Å². The van der Waals surface area contributed by atoms with Crippen LogP contribution in [0.4, 0.5) is 5.69 Å². The molecule has 0 heterocycles. The van der Waals surface area contributed by atoms with Gasteiger partial charge in [0.15, 0.2) is 0 Å². The van der Waals surface area contributed by atoms with Crippen molar-refractivity contribution >= 4 is 50.7 Å². The van der Waals surface area contributed by atoms with Gasteiger partial charge in [-0.25, -0.2) is 8.42 Å². The molecule has 0 aromatic heterocycles. The van der Waals surface area contributed by atoms with Crippen LogP contribution in [0.3, 0.4) is 0 Å². The van der Waals surface area contributed by atoms with E-state index in [-0.39, 0.29) is 23.8 Å². The predicted octanol–water partition coefficient (Wildman–Crippen LogP) is 6.97. The van der Waals surface area contributed by atoms with Gasteiger partial charge in [-0.05, 0) is 72.9 Å². The third kappa shape index (κ3) is 8.66. The minimum Gasteiger partial charge on any atom is -0.354 e. The van der Waals surface area contributed by atoms with E-state index in [1.54, 1.807) is 49.4 Å². The van der Waals surface area contributed by atoms with Crippen molar-refractivity contribution in [2.75, 3.05) is 17.4 Å². The van der Waals surface area contributed by atoms with E-state index in [4.69, 9.17) is 23.2 Å². The van der Waals surface area contributed by atoms with Gasteiger partial charge in [-0.2, -0.15) is 0 Å². The number of benzene rings is 4. The van der Waals surface area contributed by atoms with Crippen molar-refractivity contribution in [3.05, 3.63) is 129 Å². The monoisotopic (exact) mass is 665 g/mol. The summed E-state index contributed by atoms with van der Waals surface area (Å²) in [6, 6.07) is 26.8. The molecule has 0 aliphatic heterocycles. The molecule has 2 amide bonds. The van der Waals surface area contributed by atoms with E-state index < -0.39 is 28.5 Å². The highest BCUT2D eigenvalue weighted by Crippen LogP contribution is 2.29. The molecule has 4 aromatic carbocycles. The summed E-state index contributed by atoms with van der Waals surface area (Å²) in [5.41, 5.74) is 3.31. The normalized spacial score (nSPS) is 11.9. The summed E-state index contributed by atoms with van der Waals surface area (Å²) in [5, 5.41) is 3.69. The lowest BCUT2D eigenvalue weighted by Crippen LogP contribution is -2.53. The van der Waals surface area contributed by atoms with Crippen LogP contribution in [-0.4, -0.2) is 44.3 Å². The Morgan fingerprint density at radius 1 is 0.867 bits per heavy atom. The molecule has 0 spiro atoms. The van der Waals surface area contributed by atoms with Gasteiger partial charge in [-0.15, -0.1) is 0 Å². The first-order chi connectivity index (χ1) is 21.5. The number of amides is 2. The quantitative estimate of drug-likeness (QED) is 0.167. The lowest BCUT2D eigenvalue weighted by Gasteiger charge is -2.34. The van der Waals surface area contributed by atoms with E-state index in [2.05, 4.69) is 5.32 Å². The topological polar surface area (TPSA) is 86.8 Å². The van der Waals surface area contributed by atoms with Crippen LogP contribution in [0.1, 0.15) is 35.6 Å². The summed E-state index contributed by atoms with van der Waals surface area (Å²) >= 11 is 12.7. The van der Waals surface area contributed by atoms with Gasteiger partial charge in [0.1, 0.15) is 12.6 Å². The lowest BCUT2D eigenvalue weighted by atomic mass is 10.0. The summed E-state index contributed by atoms with van der Waals surface area (Å²) in [6.45, 7) is 5.44. The summed E-state index contributed by atoms with van der Waals surface area (Å²) in [7, 11) is -4.19. The Kier molecular flexibility index (Phi) is 11.7. The van der Waals surface area contributed by atoms with Gasteiger partial charge >= 0.3 is 0 Å². The zero-order chi connectivity index (χ0) is 32.6. The van der Waals surface area contributed by atoms with Crippen molar-refractivity contribution in [2.24, 2.45) is 0 Å². The maximum absolute atomic E-state index is 14.6. The number of nitrogens with zero attached hydrogens (tertiary/aromatic N) is 2. The number of halogens is 2. The van der Waals surface area contributed by atoms with E-state index in [9.17, 15) is 18.0 Å². The Labute approximate surface area is 275 Å². The van der Waals surface area contributed by atoms with E-state index in [0.29, 0.717) is 39.8 Å². The standard InChI is InChI=1S/C35H37Cl2N3O4S/c1-4-19-38-35(42)33(21-27-11-7-5-8-12-27)39(23-28-17-18-29(36)22-31(28)37)34(41)24-40(32-20-25(2)15-16-26(32)3)45(43,44)30-13-9-6-10-14-30/h5-18,20,22,33H,4,19,21,23-24H2,1-3H3,(H,38,42)/t33-/m0/s1. The zero-order valence-electron chi connectivity index (χ0n) is 25.5. The Balaban J connectivity index is 1.84. The largest absolute Gasteiger partial charge is 0.354 e. The van der Waals surface area contributed by atoms with Gasteiger partial charge in [0.05, 0.1) is 10.6 Å². The molecule has 4 rings (SSSR count). The van der Waals surface area contributed by atoms with Crippen molar-refractivity contribution in [3.63, 3.8) is 0 Å². The van der Waals surface area contributed by atoms with Crippen LogP contribution in [-0.2, 0) is 32.6 Å². The van der Waals surface area contributed by atoms with Gasteiger partial charge in [0.25, 0.3) is 10.0 Å².